The maximum Gasteiger partial charge on any atom is 0.123 e. The molecule has 3 rings (SSSR count). The van der Waals surface area contributed by atoms with Crippen molar-refractivity contribution in [1.82, 2.24) is 4.98 Å². The monoisotopic (exact) mass is 272 g/mol. The highest BCUT2D eigenvalue weighted by atomic mass is 32.1. The lowest BCUT2D eigenvalue weighted by Crippen LogP contribution is -1.97. The summed E-state index contributed by atoms with van der Waals surface area (Å²) < 4.78 is 0. The molecule has 0 aliphatic heterocycles. The molecule has 90 valence electrons. The predicted octanol–water partition coefficient (Wildman–Crippen LogP) is 4.48. The lowest BCUT2D eigenvalue weighted by molar-refractivity contribution is 1.19. The van der Waals surface area contributed by atoms with E-state index < -0.39 is 0 Å². The number of benzene rings is 1. The van der Waals surface area contributed by atoms with E-state index in [0.29, 0.717) is 0 Å². The van der Waals surface area contributed by atoms with Crippen LogP contribution in [0.3, 0.4) is 0 Å². The van der Waals surface area contributed by atoms with E-state index in [9.17, 15) is 0 Å². The van der Waals surface area contributed by atoms with Crippen molar-refractivity contribution >= 4 is 28.4 Å². The van der Waals surface area contributed by atoms with Gasteiger partial charge in [-0.3, -0.25) is 0 Å². The van der Waals surface area contributed by atoms with Gasteiger partial charge in [0.05, 0.1) is 0 Å². The minimum absolute atomic E-state index is 0.874. The van der Waals surface area contributed by atoms with Gasteiger partial charge in [0.1, 0.15) is 5.01 Å². The van der Waals surface area contributed by atoms with Crippen LogP contribution >= 0.6 is 22.7 Å². The summed E-state index contributed by atoms with van der Waals surface area (Å²) in [6.45, 7) is 0.874. The molecular formula is C14H12N2S2. The van der Waals surface area contributed by atoms with Gasteiger partial charge in [-0.1, -0.05) is 18.2 Å². The summed E-state index contributed by atoms with van der Waals surface area (Å²) in [6, 6.07) is 12.6. The summed E-state index contributed by atoms with van der Waals surface area (Å²) in [5.41, 5.74) is 2.30. The fraction of sp³-hybridized carbons (Fsp3) is 0.0714. The van der Waals surface area contributed by atoms with Crippen molar-refractivity contribution in [3.05, 3.63) is 58.2 Å². The molecule has 0 aliphatic rings. The summed E-state index contributed by atoms with van der Waals surface area (Å²) >= 11 is 3.44. The number of rotatable bonds is 4. The van der Waals surface area contributed by atoms with Crippen LogP contribution in [-0.2, 0) is 6.54 Å². The first-order chi connectivity index (χ1) is 8.92. The Morgan fingerprint density at radius 1 is 1.06 bits per heavy atom. The SMILES string of the molecule is c1cc(NCc2cccs2)cc(-c2nccs2)c1. The number of aromatic nitrogens is 1. The van der Waals surface area contributed by atoms with Crippen LogP contribution in [0.5, 0.6) is 0 Å². The molecule has 2 aromatic heterocycles. The van der Waals surface area contributed by atoms with Crippen molar-refractivity contribution in [1.29, 1.82) is 0 Å². The summed E-state index contributed by atoms with van der Waals surface area (Å²) in [6.07, 6.45) is 1.84. The molecule has 0 unspecified atom stereocenters. The summed E-state index contributed by atoms with van der Waals surface area (Å²) in [5.74, 6) is 0. The maximum atomic E-state index is 4.33. The second-order valence-corrected chi connectivity index (χ2v) is 5.78. The number of thiophene rings is 1. The van der Waals surface area contributed by atoms with Crippen molar-refractivity contribution in [2.24, 2.45) is 0 Å². The molecule has 18 heavy (non-hydrogen) atoms. The number of thiazole rings is 1. The zero-order valence-corrected chi connectivity index (χ0v) is 11.3. The number of hydrogen-bond acceptors (Lipinski definition) is 4. The van der Waals surface area contributed by atoms with E-state index in [1.54, 1.807) is 22.7 Å². The Morgan fingerprint density at radius 2 is 2.06 bits per heavy atom. The Balaban J connectivity index is 1.75. The van der Waals surface area contributed by atoms with Crippen molar-refractivity contribution in [2.45, 2.75) is 6.54 Å². The van der Waals surface area contributed by atoms with E-state index in [0.717, 1.165) is 17.2 Å². The average molecular weight is 272 g/mol. The highest BCUT2D eigenvalue weighted by molar-refractivity contribution is 7.13. The molecule has 0 bridgehead atoms. The highest BCUT2D eigenvalue weighted by Gasteiger charge is 2.01. The van der Waals surface area contributed by atoms with E-state index in [1.807, 2.05) is 11.6 Å². The van der Waals surface area contributed by atoms with Gasteiger partial charge in [-0.2, -0.15) is 0 Å². The van der Waals surface area contributed by atoms with Gasteiger partial charge in [0.25, 0.3) is 0 Å². The normalized spacial score (nSPS) is 10.4. The molecule has 1 N–H and O–H groups in total. The smallest absolute Gasteiger partial charge is 0.123 e. The molecule has 2 heterocycles. The van der Waals surface area contributed by atoms with Crippen LogP contribution in [0.2, 0.25) is 0 Å². The van der Waals surface area contributed by atoms with Crippen LogP contribution in [0.25, 0.3) is 10.6 Å². The van der Waals surface area contributed by atoms with Gasteiger partial charge in [0.15, 0.2) is 0 Å². The molecule has 0 spiro atoms. The number of anilines is 1. The zero-order chi connectivity index (χ0) is 12.2. The Kier molecular flexibility index (Phi) is 3.39. The van der Waals surface area contributed by atoms with Crippen molar-refractivity contribution in [2.75, 3.05) is 5.32 Å². The van der Waals surface area contributed by atoms with Crippen LogP contribution in [0, 0.1) is 0 Å². The van der Waals surface area contributed by atoms with Crippen LogP contribution < -0.4 is 5.32 Å². The van der Waals surface area contributed by atoms with Crippen LogP contribution in [0.4, 0.5) is 5.69 Å². The molecule has 0 saturated heterocycles. The van der Waals surface area contributed by atoms with Crippen LogP contribution in [0.15, 0.2) is 53.4 Å². The maximum absolute atomic E-state index is 4.33. The summed E-state index contributed by atoms with van der Waals surface area (Å²) in [4.78, 5) is 5.67. The van der Waals surface area contributed by atoms with Crippen LogP contribution in [-0.4, -0.2) is 4.98 Å². The van der Waals surface area contributed by atoms with E-state index in [4.69, 9.17) is 0 Å². The number of hydrogen-bond donors (Lipinski definition) is 1. The number of nitrogens with one attached hydrogen (secondary N) is 1. The lowest BCUT2D eigenvalue weighted by Gasteiger charge is -2.06. The second kappa shape index (κ2) is 5.33. The quantitative estimate of drug-likeness (QED) is 0.757. The molecule has 0 radical (unpaired) electrons. The third kappa shape index (κ3) is 2.60. The molecule has 0 aliphatic carbocycles. The second-order valence-electron chi connectivity index (χ2n) is 3.85. The third-order valence-electron chi connectivity index (χ3n) is 2.59. The summed E-state index contributed by atoms with van der Waals surface area (Å²) in [7, 11) is 0. The average Bonchev–Trinajstić information content (AvgIpc) is 3.10. The standard InChI is InChI=1S/C14H12N2S2/c1-3-11(14-15-6-8-18-14)9-12(4-1)16-10-13-5-2-7-17-13/h1-9,16H,10H2. The highest BCUT2D eigenvalue weighted by Crippen LogP contribution is 2.24. The molecule has 4 heteroatoms. The molecule has 1 aromatic carbocycles. The molecular weight excluding hydrogens is 260 g/mol. The minimum Gasteiger partial charge on any atom is -0.380 e. The largest absolute Gasteiger partial charge is 0.380 e. The van der Waals surface area contributed by atoms with Gasteiger partial charge in [-0.15, -0.1) is 22.7 Å². The first kappa shape index (κ1) is 11.4. The van der Waals surface area contributed by atoms with Gasteiger partial charge in [0, 0.05) is 34.2 Å². The van der Waals surface area contributed by atoms with Gasteiger partial charge in [0.2, 0.25) is 0 Å². The Labute approximate surface area is 114 Å². The molecule has 2 nitrogen and oxygen atoms in total. The van der Waals surface area contributed by atoms with E-state index in [1.165, 1.54) is 10.4 Å². The third-order valence-corrected chi connectivity index (χ3v) is 4.29. The van der Waals surface area contributed by atoms with E-state index >= 15 is 0 Å². The minimum atomic E-state index is 0.874. The molecule has 0 fully saturated rings. The zero-order valence-electron chi connectivity index (χ0n) is 9.67. The van der Waals surface area contributed by atoms with Gasteiger partial charge in [-0.05, 0) is 23.6 Å². The Bertz CT molecular complexity index is 601. The van der Waals surface area contributed by atoms with Gasteiger partial charge >= 0.3 is 0 Å². The van der Waals surface area contributed by atoms with E-state index in [-0.39, 0.29) is 0 Å². The summed E-state index contributed by atoms with van der Waals surface area (Å²) in [5, 5.41) is 8.60. The van der Waals surface area contributed by atoms with E-state index in [2.05, 4.69) is 52.1 Å². The van der Waals surface area contributed by atoms with Crippen LogP contribution in [0.1, 0.15) is 4.88 Å². The topological polar surface area (TPSA) is 24.9 Å². The van der Waals surface area contributed by atoms with Gasteiger partial charge in [-0.25, -0.2) is 4.98 Å². The fourth-order valence-corrected chi connectivity index (χ4v) is 3.01. The van der Waals surface area contributed by atoms with Crippen molar-refractivity contribution in [3.63, 3.8) is 0 Å². The molecule has 0 atom stereocenters. The number of nitrogens with zero attached hydrogens (tertiary/aromatic N) is 1. The van der Waals surface area contributed by atoms with Gasteiger partial charge < -0.3 is 5.32 Å². The fourth-order valence-electron chi connectivity index (χ4n) is 1.73. The Hall–Kier alpha value is -1.65. The first-order valence-corrected chi connectivity index (χ1v) is 7.44. The van der Waals surface area contributed by atoms with Crippen molar-refractivity contribution in [3.8, 4) is 10.6 Å². The molecule has 0 amide bonds. The van der Waals surface area contributed by atoms with Crippen molar-refractivity contribution < 1.29 is 0 Å². The lowest BCUT2D eigenvalue weighted by atomic mass is 10.2. The Morgan fingerprint density at radius 3 is 2.83 bits per heavy atom. The molecule has 0 saturated carbocycles. The first-order valence-electron chi connectivity index (χ1n) is 5.68. The predicted molar refractivity (Wildman–Crippen MR) is 79.2 cm³/mol. The molecule has 3 aromatic rings.